The molecule has 30 heavy (non-hydrogen) atoms. The summed E-state index contributed by atoms with van der Waals surface area (Å²) in [5.41, 5.74) is 1.87. The van der Waals surface area contributed by atoms with Gasteiger partial charge >= 0.3 is 0 Å². The fourth-order valence-corrected chi connectivity index (χ4v) is 3.63. The van der Waals surface area contributed by atoms with Crippen molar-refractivity contribution in [3.05, 3.63) is 65.2 Å². The smallest absolute Gasteiger partial charge is 0.262 e. The van der Waals surface area contributed by atoms with Gasteiger partial charge in [0.1, 0.15) is 18.2 Å². The van der Waals surface area contributed by atoms with Crippen LogP contribution in [-0.2, 0) is 11.4 Å². The molecular weight excluding hydrogens is 376 g/mol. The Morgan fingerprint density at radius 1 is 1.10 bits per heavy atom. The molecule has 1 aliphatic rings. The molecule has 0 saturated heterocycles. The number of carbonyl (C=O) groups is 1. The molecule has 0 aliphatic heterocycles. The maximum absolute atomic E-state index is 12.6. The van der Waals surface area contributed by atoms with Crippen LogP contribution in [0.2, 0.25) is 0 Å². The number of rotatable bonds is 7. The van der Waals surface area contributed by atoms with Crippen molar-refractivity contribution >= 4 is 12.0 Å². The summed E-state index contributed by atoms with van der Waals surface area (Å²) in [6, 6.07) is 17.5. The van der Waals surface area contributed by atoms with Crippen molar-refractivity contribution in [3.63, 3.8) is 0 Å². The summed E-state index contributed by atoms with van der Waals surface area (Å²) in [5.74, 6) is 0.855. The number of carbonyl (C=O) groups excluding carboxylic acids is 1. The van der Waals surface area contributed by atoms with Gasteiger partial charge in [0.05, 0.1) is 7.11 Å². The lowest BCUT2D eigenvalue weighted by Gasteiger charge is -2.15. The number of nitrogens with zero attached hydrogens (tertiary/aromatic N) is 1. The molecule has 0 unspecified atom stereocenters. The third kappa shape index (κ3) is 6.12. The van der Waals surface area contributed by atoms with Crippen LogP contribution in [0.3, 0.4) is 0 Å². The summed E-state index contributed by atoms with van der Waals surface area (Å²) >= 11 is 0. The van der Waals surface area contributed by atoms with Crippen molar-refractivity contribution in [1.82, 2.24) is 5.32 Å². The van der Waals surface area contributed by atoms with Gasteiger partial charge in [-0.2, -0.15) is 5.26 Å². The molecule has 0 heterocycles. The number of nitriles is 1. The van der Waals surface area contributed by atoms with E-state index < -0.39 is 0 Å². The highest BCUT2D eigenvalue weighted by atomic mass is 16.5. The highest BCUT2D eigenvalue weighted by molar-refractivity contribution is 6.01. The first-order chi connectivity index (χ1) is 14.7. The van der Waals surface area contributed by atoms with Crippen LogP contribution in [-0.4, -0.2) is 19.1 Å². The zero-order valence-electron chi connectivity index (χ0n) is 17.4. The summed E-state index contributed by atoms with van der Waals surface area (Å²) in [6.45, 7) is 0.430. The lowest BCUT2D eigenvalue weighted by Crippen LogP contribution is -2.35. The average Bonchev–Trinajstić information content (AvgIpc) is 3.05. The molecule has 1 aliphatic carbocycles. The monoisotopic (exact) mass is 404 g/mol. The zero-order chi connectivity index (χ0) is 21.2. The third-order valence-corrected chi connectivity index (χ3v) is 5.29. The van der Waals surface area contributed by atoms with Crippen molar-refractivity contribution in [2.45, 2.75) is 51.2 Å². The standard InChI is InChI=1S/C25H28N2O3/c1-29-24-16-20(13-14-23(24)30-18-19-9-5-4-6-10-19)15-21(17-26)25(28)27-22-11-7-2-3-8-12-22/h4-6,9-10,13-16,22H,2-3,7-8,11-12,18H2,1H3,(H,27,28). The Balaban J connectivity index is 1.69. The maximum atomic E-state index is 12.6. The van der Waals surface area contributed by atoms with Gasteiger partial charge in [-0.1, -0.05) is 62.1 Å². The molecule has 0 aromatic heterocycles. The van der Waals surface area contributed by atoms with Crippen LogP contribution in [0, 0.1) is 11.3 Å². The van der Waals surface area contributed by atoms with Crippen LogP contribution in [0.4, 0.5) is 0 Å². The Morgan fingerprint density at radius 3 is 2.50 bits per heavy atom. The normalized spacial score (nSPS) is 15.0. The van der Waals surface area contributed by atoms with Crippen LogP contribution < -0.4 is 14.8 Å². The molecular formula is C25H28N2O3. The Morgan fingerprint density at radius 2 is 1.83 bits per heavy atom. The molecule has 1 N–H and O–H groups in total. The molecule has 156 valence electrons. The minimum absolute atomic E-state index is 0.0965. The number of nitrogens with one attached hydrogen (secondary N) is 1. The quantitative estimate of drug-likeness (QED) is 0.400. The van der Waals surface area contributed by atoms with E-state index in [1.807, 2.05) is 42.5 Å². The predicted octanol–water partition coefficient (Wildman–Crippen LogP) is 5.02. The summed E-state index contributed by atoms with van der Waals surface area (Å²) < 4.78 is 11.3. The second kappa shape index (κ2) is 11.1. The van der Waals surface area contributed by atoms with Gasteiger partial charge in [-0.3, -0.25) is 4.79 Å². The first-order valence-corrected chi connectivity index (χ1v) is 10.5. The SMILES string of the molecule is COc1cc(C=C(C#N)C(=O)NC2CCCCCC2)ccc1OCc1ccccc1. The molecule has 1 saturated carbocycles. The zero-order valence-corrected chi connectivity index (χ0v) is 17.4. The largest absolute Gasteiger partial charge is 0.493 e. The highest BCUT2D eigenvalue weighted by Gasteiger charge is 2.17. The molecule has 2 aromatic rings. The lowest BCUT2D eigenvalue weighted by atomic mass is 10.1. The number of hydrogen-bond donors (Lipinski definition) is 1. The molecule has 2 aromatic carbocycles. The van der Waals surface area contributed by atoms with Crippen LogP contribution >= 0.6 is 0 Å². The minimum Gasteiger partial charge on any atom is -0.493 e. The molecule has 5 heteroatoms. The predicted molar refractivity (Wildman–Crippen MR) is 117 cm³/mol. The van der Waals surface area contributed by atoms with Crippen molar-refractivity contribution in [3.8, 4) is 17.6 Å². The minimum atomic E-state index is -0.312. The van der Waals surface area contributed by atoms with Gasteiger partial charge < -0.3 is 14.8 Å². The van der Waals surface area contributed by atoms with Gasteiger partial charge in [0, 0.05) is 6.04 Å². The van der Waals surface area contributed by atoms with E-state index in [9.17, 15) is 10.1 Å². The van der Waals surface area contributed by atoms with Crippen LogP contribution in [0.5, 0.6) is 11.5 Å². The van der Waals surface area contributed by atoms with Gasteiger partial charge in [0.15, 0.2) is 11.5 Å². The van der Waals surface area contributed by atoms with E-state index >= 15 is 0 Å². The number of amides is 1. The summed E-state index contributed by atoms with van der Waals surface area (Å²) in [6.07, 6.45) is 8.22. The van der Waals surface area contributed by atoms with Gasteiger partial charge in [-0.15, -0.1) is 0 Å². The first-order valence-electron chi connectivity index (χ1n) is 10.5. The van der Waals surface area contributed by atoms with E-state index in [4.69, 9.17) is 9.47 Å². The van der Waals surface area contributed by atoms with E-state index in [1.54, 1.807) is 25.3 Å². The molecule has 1 fully saturated rings. The lowest BCUT2D eigenvalue weighted by molar-refractivity contribution is -0.117. The van der Waals surface area contributed by atoms with Gasteiger partial charge in [-0.25, -0.2) is 0 Å². The number of hydrogen-bond acceptors (Lipinski definition) is 4. The van der Waals surface area contributed by atoms with Crippen molar-refractivity contribution in [2.24, 2.45) is 0 Å². The summed E-state index contributed by atoms with van der Waals surface area (Å²) in [5, 5.41) is 12.5. The average molecular weight is 405 g/mol. The third-order valence-electron chi connectivity index (χ3n) is 5.29. The van der Waals surface area contributed by atoms with Gasteiger partial charge in [0.2, 0.25) is 0 Å². The molecule has 0 atom stereocenters. The fourth-order valence-electron chi connectivity index (χ4n) is 3.63. The Hall–Kier alpha value is -3.26. The number of benzene rings is 2. The Labute approximate surface area is 178 Å². The maximum Gasteiger partial charge on any atom is 0.262 e. The summed E-state index contributed by atoms with van der Waals surface area (Å²) in [7, 11) is 1.57. The number of methoxy groups -OCH3 is 1. The highest BCUT2D eigenvalue weighted by Crippen LogP contribution is 2.29. The van der Waals surface area contributed by atoms with Crippen LogP contribution in [0.15, 0.2) is 54.1 Å². The van der Waals surface area contributed by atoms with Crippen molar-refractivity contribution in [2.75, 3.05) is 7.11 Å². The fraction of sp³-hybridized carbons (Fsp3) is 0.360. The van der Waals surface area contributed by atoms with Crippen LogP contribution in [0.25, 0.3) is 6.08 Å². The number of ether oxygens (including phenoxy) is 2. The van der Waals surface area contributed by atoms with Crippen molar-refractivity contribution in [1.29, 1.82) is 5.26 Å². The van der Waals surface area contributed by atoms with E-state index in [0.29, 0.717) is 23.7 Å². The van der Waals surface area contributed by atoms with Gasteiger partial charge in [-0.05, 0) is 42.2 Å². The van der Waals surface area contributed by atoms with E-state index in [2.05, 4.69) is 5.32 Å². The second-order valence-corrected chi connectivity index (χ2v) is 7.52. The van der Waals surface area contributed by atoms with E-state index in [0.717, 1.165) is 31.2 Å². The molecule has 0 bridgehead atoms. The molecule has 5 nitrogen and oxygen atoms in total. The van der Waals surface area contributed by atoms with Crippen LogP contribution in [0.1, 0.15) is 49.7 Å². The Kier molecular flexibility index (Phi) is 7.91. The second-order valence-electron chi connectivity index (χ2n) is 7.52. The topological polar surface area (TPSA) is 71.3 Å². The summed E-state index contributed by atoms with van der Waals surface area (Å²) in [4.78, 5) is 12.6. The van der Waals surface area contributed by atoms with E-state index in [1.165, 1.54) is 12.8 Å². The van der Waals surface area contributed by atoms with Crippen molar-refractivity contribution < 1.29 is 14.3 Å². The molecule has 0 spiro atoms. The first kappa shape index (κ1) is 21.4. The van der Waals surface area contributed by atoms with Gasteiger partial charge in [0.25, 0.3) is 5.91 Å². The van der Waals surface area contributed by atoms with E-state index in [-0.39, 0.29) is 17.5 Å². The molecule has 0 radical (unpaired) electrons. The molecule has 3 rings (SSSR count). The Bertz CT molecular complexity index is 908. The molecule has 1 amide bonds.